The lowest BCUT2D eigenvalue weighted by Crippen LogP contribution is -2.38. The molecule has 26 heavy (non-hydrogen) atoms. The third kappa shape index (κ3) is 3.22. The van der Waals surface area contributed by atoms with E-state index in [-0.39, 0.29) is 5.91 Å². The predicted octanol–water partition coefficient (Wildman–Crippen LogP) is 3.56. The summed E-state index contributed by atoms with van der Waals surface area (Å²) in [6.45, 7) is 1.48. The van der Waals surface area contributed by atoms with Gasteiger partial charge in [0.1, 0.15) is 11.4 Å². The van der Waals surface area contributed by atoms with Gasteiger partial charge in [0.25, 0.3) is 5.91 Å². The number of ether oxygens (including phenoxy) is 1. The van der Waals surface area contributed by atoms with E-state index in [1.165, 1.54) is 6.33 Å². The summed E-state index contributed by atoms with van der Waals surface area (Å²) in [7, 11) is 1.68. The molecule has 4 rings (SSSR count). The first-order valence-corrected chi connectivity index (χ1v) is 9.50. The van der Waals surface area contributed by atoms with E-state index in [2.05, 4.69) is 15.3 Å². The molecule has 134 valence electrons. The molecule has 3 heterocycles. The van der Waals surface area contributed by atoms with E-state index >= 15 is 0 Å². The summed E-state index contributed by atoms with van der Waals surface area (Å²) < 4.78 is 5.44. The van der Waals surface area contributed by atoms with Crippen LogP contribution in [0.25, 0.3) is 11.3 Å². The number of carbonyl (C=O) groups is 1. The van der Waals surface area contributed by atoms with E-state index in [9.17, 15) is 4.79 Å². The van der Waals surface area contributed by atoms with Crippen LogP contribution < -0.4 is 4.74 Å². The monoisotopic (exact) mass is 368 g/mol. The fourth-order valence-corrected chi connectivity index (χ4v) is 4.32. The minimum absolute atomic E-state index is 0.0230. The second-order valence-electron chi connectivity index (χ2n) is 6.30. The van der Waals surface area contributed by atoms with Crippen molar-refractivity contribution in [3.8, 4) is 17.0 Å². The lowest BCUT2D eigenvalue weighted by Gasteiger charge is -2.30. The average Bonchev–Trinajstić information content (AvgIpc) is 3.39. The van der Waals surface area contributed by atoms with Gasteiger partial charge in [0.15, 0.2) is 0 Å². The normalized spacial score (nSPS) is 15.2. The zero-order valence-electron chi connectivity index (χ0n) is 14.5. The van der Waals surface area contributed by atoms with Crippen molar-refractivity contribution in [2.75, 3.05) is 20.2 Å². The average molecular weight is 368 g/mol. The maximum absolute atomic E-state index is 12.4. The van der Waals surface area contributed by atoms with Crippen molar-refractivity contribution in [1.82, 2.24) is 19.9 Å². The van der Waals surface area contributed by atoms with E-state index in [4.69, 9.17) is 9.72 Å². The molecule has 1 amide bonds. The number of aromatic nitrogens is 3. The Labute approximate surface area is 155 Å². The third-order valence-corrected chi connectivity index (χ3v) is 5.77. The molecule has 7 heteroatoms. The Morgan fingerprint density at radius 2 is 2.12 bits per heavy atom. The Balaban J connectivity index is 1.44. The van der Waals surface area contributed by atoms with Gasteiger partial charge in [0, 0.05) is 30.0 Å². The van der Waals surface area contributed by atoms with Crippen LogP contribution in [0.3, 0.4) is 0 Å². The third-order valence-electron chi connectivity index (χ3n) is 4.76. The van der Waals surface area contributed by atoms with Crippen LogP contribution in [0.5, 0.6) is 5.75 Å². The molecule has 0 bridgehead atoms. The molecule has 0 radical (unpaired) electrons. The number of piperidine rings is 1. The van der Waals surface area contributed by atoms with Gasteiger partial charge < -0.3 is 14.6 Å². The van der Waals surface area contributed by atoms with Crippen LogP contribution in [0.2, 0.25) is 0 Å². The second-order valence-corrected chi connectivity index (χ2v) is 7.19. The summed E-state index contributed by atoms with van der Waals surface area (Å²) >= 11 is 1.69. The lowest BCUT2D eigenvalue weighted by atomic mass is 9.97. The molecule has 0 spiro atoms. The van der Waals surface area contributed by atoms with E-state index in [0.717, 1.165) is 47.9 Å². The van der Waals surface area contributed by atoms with Crippen LogP contribution in [-0.2, 0) is 0 Å². The first-order chi connectivity index (χ1) is 12.8. The summed E-state index contributed by atoms with van der Waals surface area (Å²) in [5.41, 5.74) is 2.53. The molecule has 1 aliphatic rings. The standard InChI is InChI=1S/C19H20N4O2S/c1-25-17-5-3-2-4-14(17)16-11-26-18(22-16)13-6-8-23(9-7-13)19(24)15-10-20-12-21-15/h2-5,10-13H,6-9H2,1H3,(H,20,21). The number of aromatic amines is 1. The number of imidazole rings is 1. The van der Waals surface area contributed by atoms with E-state index in [1.807, 2.05) is 29.2 Å². The van der Waals surface area contributed by atoms with Crippen LogP contribution in [0.4, 0.5) is 0 Å². The van der Waals surface area contributed by atoms with Gasteiger partial charge >= 0.3 is 0 Å². The zero-order valence-corrected chi connectivity index (χ0v) is 15.3. The van der Waals surface area contributed by atoms with E-state index < -0.39 is 0 Å². The van der Waals surface area contributed by atoms with Crippen molar-refractivity contribution in [1.29, 1.82) is 0 Å². The number of methoxy groups -OCH3 is 1. The predicted molar refractivity (Wildman–Crippen MR) is 101 cm³/mol. The first-order valence-electron chi connectivity index (χ1n) is 8.62. The number of hydrogen-bond acceptors (Lipinski definition) is 5. The zero-order chi connectivity index (χ0) is 17.9. The molecule has 1 saturated heterocycles. The van der Waals surface area contributed by atoms with Gasteiger partial charge in [-0.15, -0.1) is 11.3 Å². The van der Waals surface area contributed by atoms with Crippen LogP contribution in [0, 0.1) is 0 Å². The summed E-state index contributed by atoms with van der Waals surface area (Å²) in [6.07, 6.45) is 4.97. The molecule has 0 unspecified atom stereocenters. The van der Waals surface area contributed by atoms with Crippen molar-refractivity contribution in [3.63, 3.8) is 0 Å². The van der Waals surface area contributed by atoms with Crippen molar-refractivity contribution in [3.05, 3.63) is 52.9 Å². The van der Waals surface area contributed by atoms with Crippen molar-refractivity contribution >= 4 is 17.2 Å². The van der Waals surface area contributed by atoms with Crippen LogP contribution in [0.1, 0.15) is 34.3 Å². The summed E-state index contributed by atoms with van der Waals surface area (Å²) in [4.78, 5) is 25.9. The summed E-state index contributed by atoms with van der Waals surface area (Å²) in [6, 6.07) is 7.94. The SMILES string of the molecule is COc1ccccc1-c1csc(C2CCN(C(=O)c3cnc[nH]3)CC2)n1. The number of amides is 1. The van der Waals surface area contributed by atoms with Gasteiger partial charge in [-0.05, 0) is 25.0 Å². The highest BCUT2D eigenvalue weighted by Gasteiger charge is 2.27. The number of hydrogen-bond donors (Lipinski definition) is 1. The quantitative estimate of drug-likeness (QED) is 0.764. The molecular formula is C19H20N4O2S. The molecule has 1 aliphatic heterocycles. The Morgan fingerprint density at radius 1 is 1.31 bits per heavy atom. The molecule has 3 aromatic rings. The summed E-state index contributed by atoms with van der Waals surface area (Å²) in [5.74, 6) is 1.26. The highest BCUT2D eigenvalue weighted by Crippen LogP contribution is 2.35. The molecule has 2 aromatic heterocycles. The Morgan fingerprint density at radius 3 is 2.85 bits per heavy atom. The number of rotatable bonds is 4. The van der Waals surface area contributed by atoms with Gasteiger partial charge in [-0.25, -0.2) is 9.97 Å². The Hall–Kier alpha value is -2.67. The lowest BCUT2D eigenvalue weighted by molar-refractivity contribution is 0.0707. The number of nitrogens with one attached hydrogen (secondary N) is 1. The maximum atomic E-state index is 12.4. The van der Waals surface area contributed by atoms with Crippen LogP contribution >= 0.6 is 11.3 Å². The molecule has 0 atom stereocenters. The Bertz CT molecular complexity index is 883. The highest BCUT2D eigenvalue weighted by molar-refractivity contribution is 7.10. The highest BCUT2D eigenvalue weighted by atomic mass is 32.1. The van der Waals surface area contributed by atoms with Crippen LogP contribution in [-0.4, -0.2) is 46.0 Å². The molecule has 0 aliphatic carbocycles. The molecule has 1 N–H and O–H groups in total. The smallest absolute Gasteiger partial charge is 0.271 e. The Kier molecular flexibility index (Phi) is 4.71. The van der Waals surface area contributed by atoms with Gasteiger partial charge in [-0.2, -0.15) is 0 Å². The minimum atomic E-state index is 0.0230. The number of thiazole rings is 1. The van der Waals surface area contributed by atoms with Gasteiger partial charge in [0.2, 0.25) is 0 Å². The largest absolute Gasteiger partial charge is 0.496 e. The number of nitrogens with zero attached hydrogens (tertiary/aromatic N) is 3. The first kappa shape index (κ1) is 16.8. The second kappa shape index (κ2) is 7.29. The topological polar surface area (TPSA) is 71.1 Å². The van der Waals surface area contributed by atoms with E-state index in [0.29, 0.717) is 11.6 Å². The van der Waals surface area contributed by atoms with Crippen LogP contribution in [0.15, 0.2) is 42.2 Å². The van der Waals surface area contributed by atoms with Gasteiger partial charge in [-0.1, -0.05) is 12.1 Å². The van der Waals surface area contributed by atoms with Gasteiger partial charge in [0.05, 0.1) is 30.3 Å². The summed E-state index contributed by atoms with van der Waals surface area (Å²) in [5, 5.41) is 3.23. The number of para-hydroxylation sites is 1. The fraction of sp³-hybridized carbons (Fsp3) is 0.316. The molecular weight excluding hydrogens is 348 g/mol. The fourth-order valence-electron chi connectivity index (χ4n) is 3.33. The van der Waals surface area contributed by atoms with Crippen molar-refractivity contribution < 1.29 is 9.53 Å². The molecule has 1 aromatic carbocycles. The molecule has 6 nitrogen and oxygen atoms in total. The van der Waals surface area contributed by atoms with Gasteiger partial charge in [-0.3, -0.25) is 4.79 Å². The maximum Gasteiger partial charge on any atom is 0.271 e. The van der Waals surface area contributed by atoms with Crippen molar-refractivity contribution in [2.45, 2.75) is 18.8 Å². The number of H-pyrrole nitrogens is 1. The molecule has 1 fully saturated rings. The number of likely N-dealkylation sites (tertiary alicyclic amines) is 1. The number of benzene rings is 1. The van der Waals surface area contributed by atoms with Crippen molar-refractivity contribution in [2.24, 2.45) is 0 Å². The van der Waals surface area contributed by atoms with E-state index in [1.54, 1.807) is 24.6 Å². The number of carbonyl (C=O) groups excluding carboxylic acids is 1. The molecule has 0 saturated carbocycles. The minimum Gasteiger partial charge on any atom is -0.496 e.